The quantitative estimate of drug-likeness (QED) is 0.546. The minimum absolute atomic E-state index is 0. The fourth-order valence-corrected chi connectivity index (χ4v) is 0.936. The van der Waals surface area contributed by atoms with Crippen molar-refractivity contribution in [3.05, 3.63) is 0 Å². The zero-order valence-corrected chi connectivity index (χ0v) is 6.47. The van der Waals surface area contributed by atoms with Gasteiger partial charge in [0, 0.05) is 6.92 Å². The molecule has 0 heterocycles. The molecular weight excluding hydrogens is 183 g/mol. The predicted octanol–water partition coefficient (Wildman–Crippen LogP) is -0.818. The van der Waals surface area contributed by atoms with Crippen molar-refractivity contribution in [3.8, 4) is 0 Å². The summed E-state index contributed by atoms with van der Waals surface area (Å²) in [6.45, 7) is 2.41. The Morgan fingerprint density at radius 1 is 1.45 bits per heavy atom. The van der Waals surface area contributed by atoms with Crippen molar-refractivity contribution in [2.24, 2.45) is 0 Å². The average molecular weight is 192 g/mol. The van der Waals surface area contributed by atoms with E-state index in [9.17, 15) is 13.2 Å². The van der Waals surface area contributed by atoms with E-state index in [1.165, 1.54) is 6.92 Å². The summed E-state index contributed by atoms with van der Waals surface area (Å²) in [5, 5.41) is 0. The summed E-state index contributed by atoms with van der Waals surface area (Å²) in [6.07, 6.45) is 0. The molecule has 0 radical (unpaired) electrons. The standard InChI is InChI=1S/C4H8O5S.Na.H/c1-3-8-10(6,7)9-4(2)5;;/h3H2,1-2H3;;. The van der Waals surface area contributed by atoms with Crippen LogP contribution in [0.4, 0.5) is 0 Å². The fourth-order valence-electron chi connectivity index (χ4n) is 0.312. The van der Waals surface area contributed by atoms with Gasteiger partial charge in [-0.1, -0.05) is 0 Å². The van der Waals surface area contributed by atoms with Gasteiger partial charge in [0.25, 0.3) is 0 Å². The maximum atomic E-state index is 10.4. The van der Waals surface area contributed by atoms with E-state index in [1.54, 1.807) is 0 Å². The molecule has 0 fully saturated rings. The van der Waals surface area contributed by atoms with Crippen LogP contribution >= 0.6 is 0 Å². The molecule has 0 aromatic heterocycles. The third-order valence-corrected chi connectivity index (χ3v) is 1.44. The summed E-state index contributed by atoms with van der Waals surface area (Å²) >= 11 is 0. The third kappa shape index (κ3) is 8.28. The van der Waals surface area contributed by atoms with Crippen LogP contribution in [0.25, 0.3) is 0 Å². The summed E-state index contributed by atoms with van der Waals surface area (Å²) < 4.78 is 28.6. The minimum atomic E-state index is -4.08. The topological polar surface area (TPSA) is 69.7 Å². The Hall–Kier alpha value is 0.380. The monoisotopic (exact) mass is 192 g/mol. The normalized spacial score (nSPS) is 10.0. The van der Waals surface area contributed by atoms with Gasteiger partial charge in [0.2, 0.25) is 0 Å². The predicted molar refractivity (Wildman–Crippen MR) is 39.5 cm³/mol. The first-order chi connectivity index (χ1) is 4.48. The molecule has 62 valence electrons. The van der Waals surface area contributed by atoms with Crippen molar-refractivity contribution in [2.75, 3.05) is 6.61 Å². The van der Waals surface area contributed by atoms with Gasteiger partial charge in [-0.2, -0.15) is 8.42 Å². The summed E-state index contributed by atoms with van der Waals surface area (Å²) in [6, 6.07) is 0. The summed E-state index contributed by atoms with van der Waals surface area (Å²) in [7, 11) is -4.08. The molecule has 0 aromatic carbocycles. The Balaban J connectivity index is 0. The van der Waals surface area contributed by atoms with Gasteiger partial charge in [-0.3, -0.25) is 4.79 Å². The van der Waals surface area contributed by atoms with E-state index in [1.807, 2.05) is 0 Å². The van der Waals surface area contributed by atoms with Crippen molar-refractivity contribution in [1.29, 1.82) is 0 Å². The van der Waals surface area contributed by atoms with Crippen LogP contribution in [0.3, 0.4) is 0 Å². The Bertz CT molecular complexity index is 209. The van der Waals surface area contributed by atoms with Crippen molar-refractivity contribution in [2.45, 2.75) is 13.8 Å². The SMILES string of the molecule is CCOS(=O)(=O)OC(C)=O.[NaH]. The molecule has 0 saturated heterocycles. The molecule has 0 bridgehead atoms. The van der Waals surface area contributed by atoms with E-state index < -0.39 is 16.4 Å². The Labute approximate surface area is 87.7 Å². The molecule has 0 N–H and O–H groups in total. The first kappa shape index (κ1) is 13.9. The molecular formula is C4H9NaO5S. The van der Waals surface area contributed by atoms with Gasteiger partial charge < -0.3 is 4.18 Å². The molecule has 0 rings (SSSR count). The summed E-state index contributed by atoms with van der Waals surface area (Å²) in [5.74, 6) is -0.909. The van der Waals surface area contributed by atoms with Crippen LogP contribution in [0.1, 0.15) is 13.8 Å². The second-order valence-electron chi connectivity index (χ2n) is 1.39. The van der Waals surface area contributed by atoms with E-state index in [0.29, 0.717) is 0 Å². The van der Waals surface area contributed by atoms with E-state index >= 15 is 0 Å². The molecule has 0 atom stereocenters. The Morgan fingerprint density at radius 2 is 1.91 bits per heavy atom. The molecule has 7 heteroatoms. The van der Waals surface area contributed by atoms with Gasteiger partial charge in [-0.05, 0) is 6.92 Å². The molecule has 0 unspecified atom stereocenters. The molecule has 0 aliphatic rings. The van der Waals surface area contributed by atoms with Crippen LogP contribution in [0.15, 0.2) is 0 Å². The van der Waals surface area contributed by atoms with E-state index in [-0.39, 0.29) is 36.2 Å². The van der Waals surface area contributed by atoms with Crippen LogP contribution < -0.4 is 0 Å². The van der Waals surface area contributed by atoms with Gasteiger partial charge in [-0.15, -0.1) is 0 Å². The molecule has 0 spiro atoms. The average Bonchev–Trinajstić information content (AvgIpc) is 1.59. The third-order valence-electron chi connectivity index (χ3n) is 0.482. The zero-order chi connectivity index (χ0) is 8.20. The van der Waals surface area contributed by atoms with Crippen LogP contribution in [0.2, 0.25) is 0 Å². The molecule has 5 nitrogen and oxygen atoms in total. The second-order valence-corrected chi connectivity index (χ2v) is 2.61. The van der Waals surface area contributed by atoms with Gasteiger partial charge in [0.1, 0.15) is 0 Å². The molecule has 0 aliphatic carbocycles. The van der Waals surface area contributed by atoms with E-state index in [2.05, 4.69) is 8.37 Å². The number of carbonyl (C=O) groups is 1. The Kier molecular flexibility index (Phi) is 7.55. The van der Waals surface area contributed by atoms with Crippen LogP contribution in [-0.4, -0.2) is 50.6 Å². The number of rotatable bonds is 3. The van der Waals surface area contributed by atoms with Crippen LogP contribution in [0, 0.1) is 0 Å². The Morgan fingerprint density at radius 3 is 2.18 bits per heavy atom. The summed E-state index contributed by atoms with van der Waals surface area (Å²) in [4.78, 5) is 10.1. The summed E-state index contributed by atoms with van der Waals surface area (Å²) in [5.41, 5.74) is 0. The van der Waals surface area contributed by atoms with Crippen molar-refractivity contribution in [1.82, 2.24) is 0 Å². The van der Waals surface area contributed by atoms with Crippen LogP contribution in [-0.2, 0) is 23.6 Å². The van der Waals surface area contributed by atoms with Gasteiger partial charge in [-0.25, -0.2) is 4.18 Å². The molecule has 0 saturated carbocycles. The maximum absolute atomic E-state index is 10.4. The number of carbonyl (C=O) groups excluding carboxylic acids is 1. The van der Waals surface area contributed by atoms with Crippen molar-refractivity contribution in [3.63, 3.8) is 0 Å². The van der Waals surface area contributed by atoms with E-state index in [4.69, 9.17) is 0 Å². The fraction of sp³-hybridized carbons (Fsp3) is 0.750. The van der Waals surface area contributed by atoms with Gasteiger partial charge >= 0.3 is 45.9 Å². The molecule has 0 amide bonds. The zero-order valence-electron chi connectivity index (χ0n) is 5.66. The first-order valence-electron chi connectivity index (χ1n) is 2.57. The van der Waals surface area contributed by atoms with E-state index in [0.717, 1.165) is 6.92 Å². The number of hydrogen-bond donors (Lipinski definition) is 0. The molecule has 0 aromatic rings. The first-order valence-corrected chi connectivity index (χ1v) is 3.90. The van der Waals surface area contributed by atoms with Crippen molar-refractivity contribution >= 4 is 45.9 Å². The van der Waals surface area contributed by atoms with Crippen molar-refractivity contribution < 1.29 is 21.6 Å². The molecule has 11 heavy (non-hydrogen) atoms. The second kappa shape index (κ2) is 5.96. The van der Waals surface area contributed by atoms with Crippen LogP contribution in [0.5, 0.6) is 0 Å². The number of hydrogen-bond acceptors (Lipinski definition) is 5. The molecule has 0 aliphatic heterocycles. The van der Waals surface area contributed by atoms with Gasteiger partial charge in [0.05, 0.1) is 6.61 Å². The van der Waals surface area contributed by atoms with Gasteiger partial charge in [0.15, 0.2) is 0 Å².